The molecule has 0 radical (unpaired) electrons. The molecule has 0 unspecified atom stereocenters. The first-order chi connectivity index (χ1) is 8.56. The van der Waals surface area contributed by atoms with Crippen molar-refractivity contribution in [2.45, 2.75) is 31.2 Å². The summed E-state index contributed by atoms with van der Waals surface area (Å²) in [5.41, 5.74) is 6.43. The predicted octanol–water partition coefficient (Wildman–Crippen LogP) is 1.89. The minimum absolute atomic E-state index is 0.0254. The number of hydrogen-bond acceptors (Lipinski definition) is 5. The number of nitro benzene ring substituents is 1. The number of nitrogens with one attached hydrogen (secondary N) is 1. The summed E-state index contributed by atoms with van der Waals surface area (Å²) in [7, 11) is 0. The Morgan fingerprint density at radius 2 is 2.11 bits per heavy atom. The van der Waals surface area contributed by atoms with Gasteiger partial charge in [0.25, 0.3) is 5.69 Å². The predicted molar refractivity (Wildman–Crippen MR) is 69.4 cm³/mol. The van der Waals surface area contributed by atoms with Crippen LogP contribution >= 0.6 is 0 Å². The molecule has 0 aromatic heterocycles. The highest BCUT2D eigenvalue weighted by atomic mass is 16.6. The highest BCUT2D eigenvalue weighted by Crippen LogP contribution is 2.35. The van der Waals surface area contributed by atoms with Gasteiger partial charge in [-0.2, -0.15) is 0 Å². The molecule has 1 aromatic rings. The summed E-state index contributed by atoms with van der Waals surface area (Å²) in [6, 6.07) is 4.35. The number of nitro groups is 1. The summed E-state index contributed by atoms with van der Waals surface area (Å²) in [4.78, 5) is 10.1. The molecule has 1 aliphatic rings. The lowest BCUT2D eigenvalue weighted by atomic mass is 9.98. The molecule has 0 amide bonds. The lowest BCUT2D eigenvalue weighted by Gasteiger charge is -2.29. The summed E-state index contributed by atoms with van der Waals surface area (Å²) in [5.74, 6) is 0. The second kappa shape index (κ2) is 4.81. The van der Waals surface area contributed by atoms with E-state index in [1.54, 1.807) is 6.07 Å². The SMILES string of the molecule is Nc1cc([N+](=O)[O-])ccc1NC1(CO)CCCC1. The van der Waals surface area contributed by atoms with Crippen molar-refractivity contribution in [3.05, 3.63) is 28.3 Å². The van der Waals surface area contributed by atoms with Gasteiger partial charge in [-0.05, 0) is 18.9 Å². The van der Waals surface area contributed by atoms with Gasteiger partial charge in [-0.25, -0.2) is 0 Å². The Bertz CT molecular complexity index is 456. The second-order valence-corrected chi connectivity index (χ2v) is 4.80. The number of nitrogens with two attached hydrogens (primary N) is 1. The molecule has 0 heterocycles. The summed E-state index contributed by atoms with van der Waals surface area (Å²) < 4.78 is 0. The van der Waals surface area contributed by atoms with Crippen molar-refractivity contribution in [1.29, 1.82) is 0 Å². The molecule has 0 bridgehead atoms. The van der Waals surface area contributed by atoms with Crippen LogP contribution in [-0.4, -0.2) is 22.2 Å². The molecule has 0 saturated heterocycles. The van der Waals surface area contributed by atoms with Gasteiger partial charge in [0.1, 0.15) is 0 Å². The smallest absolute Gasteiger partial charge is 0.271 e. The van der Waals surface area contributed by atoms with Gasteiger partial charge in [-0.15, -0.1) is 0 Å². The summed E-state index contributed by atoms with van der Waals surface area (Å²) in [6.07, 6.45) is 3.92. The highest BCUT2D eigenvalue weighted by molar-refractivity contribution is 5.70. The van der Waals surface area contributed by atoms with Gasteiger partial charge in [0.2, 0.25) is 0 Å². The van der Waals surface area contributed by atoms with E-state index in [0.29, 0.717) is 11.4 Å². The Kier molecular flexibility index (Phi) is 3.38. The molecule has 6 heteroatoms. The van der Waals surface area contributed by atoms with E-state index < -0.39 is 4.92 Å². The van der Waals surface area contributed by atoms with E-state index in [1.165, 1.54) is 12.1 Å². The lowest BCUT2D eigenvalue weighted by Crippen LogP contribution is -2.39. The van der Waals surface area contributed by atoms with Crippen molar-refractivity contribution in [3.63, 3.8) is 0 Å². The fraction of sp³-hybridized carbons (Fsp3) is 0.500. The topological polar surface area (TPSA) is 101 Å². The van der Waals surface area contributed by atoms with Gasteiger partial charge >= 0.3 is 0 Å². The number of nitrogens with zero attached hydrogens (tertiary/aromatic N) is 1. The quantitative estimate of drug-likeness (QED) is 0.431. The molecular formula is C12H17N3O3. The minimum atomic E-state index is -0.475. The average molecular weight is 251 g/mol. The summed E-state index contributed by atoms with van der Waals surface area (Å²) in [5, 5.41) is 23.4. The third-order valence-corrected chi connectivity index (χ3v) is 3.51. The first-order valence-electron chi connectivity index (χ1n) is 5.99. The van der Waals surface area contributed by atoms with Crippen molar-refractivity contribution in [2.24, 2.45) is 0 Å². The van der Waals surface area contributed by atoms with E-state index in [2.05, 4.69) is 5.32 Å². The van der Waals surface area contributed by atoms with E-state index in [-0.39, 0.29) is 17.8 Å². The third kappa shape index (κ3) is 2.38. The van der Waals surface area contributed by atoms with Crippen LogP contribution in [0.1, 0.15) is 25.7 Å². The standard InChI is InChI=1S/C12H17N3O3/c13-10-7-9(15(17)18)3-4-11(10)14-12(8-16)5-1-2-6-12/h3-4,7,14,16H,1-2,5-6,8,13H2. The zero-order valence-corrected chi connectivity index (χ0v) is 10.1. The molecular weight excluding hydrogens is 234 g/mol. The fourth-order valence-corrected chi connectivity index (χ4v) is 2.44. The number of aliphatic hydroxyl groups excluding tert-OH is 1. The number of hydrogen-bond donors (Lipinski definition) is 3. The second-order valence-electron chi connectivity index (χ2n) is 4.80. The molecule has 2 rings (SSSR count). The Hall–Kier alpha value is -1.82. The Labute approximate surface area is 105 Å². The van der Waals surface area contributed by atoms with E-state index in [0.717, 1.165) is 25.7 Å². The van der Waals surface area contributed by atoms with Crippen LogP contribution in [0.2, 0.25) is 0 Å². The number of nitrogen functional groups attached to an aromatic ring is 1. The number of rotatable bonds is 4. The summed E-state index contributed by atoms with van der Waals surface area (Å²) in [6.45, 7) is 0.0451. The number of benzene rings is 1. The van der Waals surface area contributed by atoms with Gasteiger partial charge in [0.15, 0.2) is 0 Å². The van der Waals surface area contributed by atoms with Crippen LogP contribution in [0.15, 0.2) is 18.2 Å². The van der Waals surface area contributed by atoms with Gasteiger partial charge in [0.05, 0.1) is 28.4 Å². The molecule has 0 atom stereocenters. The minimum Gasteiger partial charge on any atom is -0.397 e. The zero-order valence-electron chi connectivity index (χ0n) is 10.1. The summed E-state index contributed by atoms with van der Waals surface area (Å²) >= 11 is 0. The molecule has 1 fully saturated rings. The van der Waals surface area contributed by atoms with Crippen LogP contribution in [0.4, 0.5) is 17.1 Å². The Balaban J connectivity index is 2.21. The Morgan fingerprint density at radius 3 is 2.61 bits per heavy atom. The highest BCUT2D eigenvalue weighted by Gasteiger charge is 2.33. The third-order valence-electron chi connectivity index (χ3n) is 3.51. The van der Waals surface area contributed by atoms with Gasteiger partial charge in [0, 0.05) is 12.1 Å². The number of aliphatic hydroxyl groups is 1. The molecule has 6 nitrogen and oxygen atoms in total. The van der Waals surface area contributed by atoms with E-state index in [4.69, 9.17) is 5.73 Å². The maximum absolute atomic E-state index is 10.6. The van der Waals surface area contributed by atoms with Crippen LogP contribution in [0, 0.1) is 10.1 Å². The zero-order chi connectivity index (χ0) is 13.2. The molecule has 1 aliphatic carbocycles. The molecule has 98 valence electrons. The van der Waals surface area contributed by atoms with Crippen molar-refractivity contribution in [3.8, 4) is 0 Å². The van der Waals surface area contributed by atoms with E-state index in [9.17, 15) is 15.2 Å². The average Bonchev–Trinajstić information content (AvgIpc) is 2.81. The van der Waals surface area contributed by atoms with Gasteiger partial charge < -0.3 is 16.2 Å². The fourth-order valence-electron chi connectivity index (χ4n) is 2.44. The van der Waals surface area contributed by atoms with E-state index >= 15 is 0 Å². The van der Waals surface area contributed by atoms with Crippen molar-refractivity contribution in [1.82, 2.24) is 0 Å². The maximum Gasteiger partial charge on any atom is 0.271 e. The van der Waals surface area contributed by atoms with Crippen molar-refractivity contribution in [2.75, 3.05) is 17.7 Å². The number of anilines is 2. The molecule has 0 aliphatic heterocycles. The number of non-ortho nitro benzene ring substituents is 1. The molecule has 1 saturated carbocycles. The first kappa shape index (κ1) is 12.6. The van der Waals surface area contributed by atoms with Crippen molar-refractivity contribution >= 4 is 17.1 Å². The van der Waals surface area contributed by atoms with E-state index in [1.807, 2.05) is 0 Å². The van der Waals surface area contributed by atoms with Gasteiger partial charge in [-0.3, -0.25) is 10.1 Å². The first-order valence-corrected chi connectivity index (χ1v) is 5.99. The van der Waals surface area contributed by atoms with Crippen LogP contribution in [0.5, 0.6) is 0 Å². The largest absolute Gasteiger partial charge is 0.397 e. The maximum atomic E-state index is 10.6. The lowest BCUT2D eigenvalue weighted by molar-refractivity contribution is -0.384. The van der Waals surface area contributed by atoms with Crippen LogP contribution in [0.25, 0.3) is 0 Å². The van der Waals surface area contributed by atoms with Gasteiger partial charge in [-0.1, -0.05) is 12.8 Å². The van der Waals surface area contributed by atoms with Crippen LogP contribution < -0.4 is 11.1 Å². The monoisotopic (exact) mass is 251 g/mol. The van der Waals surface area contributed by atoms with Crippen LogP contribution in [-0.2, 0) is 0 Å². The molecule has 1 aromatic carbocycles. The van der Waals surface area contributed by atoms with Crippen LogP contribution in [0.3, 0.4) is 0 Å². The van der Waals surface area contributed by atoms with Crippen molar-refractivity contribution < 1.29 is 10.0 Å². The molecule has 18 heavy (non-hydrogen) atoms. The Morgan fingerprint density at radius 1 is 1.44 bits per heavy atom. The molecule has 4 N–H and O–H groups in total. The normalized spacial score (nSPS) is 17.6. The molecule has 0 spiro atoms.